The van der Waals surface area contributed by atoms with Crippen molar-refractivity contribution in [1.82, 2.24) is 15.1 Å². The van der Waals surface area contributed by atoms with Crippen molar-refractivity contribution in [3.8, 4) is 17.3 Å². The second kappa shape index (κ2) is 9.32. The Morgan fingerprint density at radius 1 is 1.21 bits per heavy atom. The van der Waals surface area contributed by atoms with E-state index in [1.54, 1.807) is 6.07 Å². The number of aryl methyl sites for hydroxylation is 1. The normalized spacial score (nSPS) is 15.6. The molecule has 1 aliphatic rings. The fraction of sp³-hybridized carbons (Fsp3) is 0.455. The fourth-order valence-electron chi connectivity index (χ4n) is 3.66. The van der Waals surface area contributed by atoms with Crippen LogP contribution in [-0.2, 0) is 17.8 Å². The number of hydrogen-bond acceptors (Lipinski definition) is 4. The van der Waals surface area contributed by atoms with Gasteiger partial charge in [0.15, 0.2) is 0 Å². The number of nitrogens with zero attached hydrogens (tertiary/aromatic N) is 3. The molecule has 2 aromatic rings. The molecular weight excluding hydrogens is 352 g/mol. The lowest BCUT2D eigenvalue weighted by molar-refractivity contribution is -0.126. The number of amides is 1. The summed E-state index contributed by atoms with van der Waals surface area (Å²) < 4.78 is 1.43. The van der Waals surface area contributed by atoms with E-state index < -0.39 is 6.04 Å². The van der Waals surface area contributed by atoms with Gasteiger partial charge >= 0.3 is 0 Å². The van der Waals surface area contributed by atoms with E-state index in [1.165, 1.54) is 17.2 Å². The first kappa shape index (κ1) is 19.8. The van der Waals surface area contributed by atoms with Crippen LogP contribution in [0.4, 0.5) is 0 Å². The fourth-order valence-corrected chi connectivity index (χ4v) is 3.66. The minimum atomic E-state index is -0.527. The van der Waals surface area contributed by atoms with E-state index in [9.17, 15) is 14.9 Å². The molecule has 3 rings (SSSR count). The standard InChI is InChI=1S/C22H26N4O2/c1-2-26-21(27)13-12-20(25-26)17-10-8-16(9-11-17)14-19(15-23)24-22(28)18-6-4-3-5-7-18/h8-13,18-19H,2-7,14H2,1H3,(H,24,28). The maximum atomic E-state index is 12.4. The molecule has 1 aliphatic carbocycles. The SMILES string of the molecule is CCn1nc(-c2ccc(CC(C#N)NC(=O)C3CCCCC3)cc2)ccc1=O. The first-order valence-electron chi connectivity index (χ1n) is 9.98. The Hall–Kier alpha value is -2.94. The molecule has 1 amide bonds. The molecule has 1 heterocycles. The summed E-state index contributed by atoms with van der Waals surface area (Å²) in [6.45, 7) is 2.40. The van der Waals surface area contributed by atoms with Crippen molar-refractivity contribution in [2.75, 3.05) is 0 Å². The lowest BCUT2D eigenvalue weighted by atomic mass is 9.88. The lowest BCUT2D eigenvalue weighted by Gasteiger charge is -2.22. The van der Waals surface area contributed by atoms with Crippen LogP contribution in [0.25, 0.3) is 11.3 Å². The molecule has 6 nitrogen and oxygen atoms in total. The summed E-state index contributed by atoms with van der Waals surface area (Å²) in [5, 5.41) is 16.7. The highest BCUT2D eigenvalue weighted by Crippen LogP contribution is 2.24. The highest BCUT2D eigenvalue weighted by atomic mass is 16.2. The van der Waals surface area contributed by atoms with Gasteiger partial charge in [0, 0.05) is 30.5 Å². The third-order valence-corrected chi connectivity index (χ3v) is 5.30. The highest BCUT2D eigenvalue weighted by Gasteiger charge is 2.23. The first-order valence-corrected chi connectivity index (χ1v) is 9.98. The van der Waals surface area contributed by atoms with Gasteiger partial charge in [0.1, 0.15) is 6.04 Å². The molecule has 28 heavy (non-hydrogen) atoms. The minimum absolute atomic E-state index is 0.00823. The van der Waals surface area contributed by atoms with Crippen LogP contribution in [0.5, 0.6) is 0 Å². The lowest BCUT2D eigenvalue weighted by Crippen LogP contribution is -2.40. The average Bonchev–Trinajstić information content (AvgIpc) is 2.74. The van der Waals surface area contributed by atoms with E-state index in [-0.39, 0.29) is 17.4 Å². The molecule has 0 spiro atoms. The molecule has 0 bridgehead atoms. The molecular formula is C22H26N4O2. The molecule has 1 atom stereocenters. The van der Waals surface area contributed by atoms with Crippen molar-refractivity contribution in [1.29, 1.82) is 5.26 Å². The smallest absolute Gasteiger partial charge is 0.266 e. The largest absolute Gasteiger partial charge is 0.340 e. The van der Waals surface area contributed by atoms with E-state index in [0.717, 1.165) is 42.5 Å². The van der Waals surface area contributed by atoms with Gasteiger partial charge in [0.25, 0.3) is 5.56 Å². The number of hydrogen-bond donors (Lipinski definition) is 1. The number of carbonyl (C=O) groups is 1. The molecule has 1 N–H and O–H groups in total. The van der Waals surface area contributed by atoms with E-state index in [4.69, 9.17) is 0 Å². The van der Waals surface area contributed by atoms with Crippen molar-refractivity contribution in [2.24, 2.45) is 5.92 Å². The molecule has 1 aromatic carbocycles. The summed E-state index contributed by atoms with van der Waals surface area (Å²) in [6.07, 6.45) is 5.70. The number of rotatable bonds is 6. The van der Waals surface area contributed by atoms with Crippen LogP contribution in [0.3, 0.4) is 0 Å². The van der Waals surface area contributed by atoms with Gasteiger partial charge in [0.05, 0.1) is 11.8 Å². The zero-order valence-electron chi connectivity index (χ0n) is 16.2. The van der Waals surface area contributed by atoms with Gasteiger partial charge in [-0.05, 0) is 31.4 Å². The Morgan fingerprint density at radius 3 is 2.57 bits per heavy atom. The van der Waals surface area contributed by atoms with Crippen LogP contribution in [0.1, 0.15) is 44.6 Å². The van der Waals surface area contributed by atoms with Crippen LogP contribution in [0.15, 0.2) is 41.2 Å². The Bertz CT molecular complexity index is 905. The Kier molecular flexibility index (Phi) is 6.59. The summed E-state index contributed by atoms with van der Waals surface area (Å²) in [5.74, 6) is 0.0567. The zero-order valence-corrected chi connectivity index (χ0v) is 16.2. The zero-order chi connectivity index (χ0) is 19.9. The van der Waals surface area contributed by atoms with Crippen molar-refractivity contribution >= 4 is 5.91 Å². The molecule has 6 heteroatoms. The molecule has 1 aromatic heterocycles. The minimum Gasteiger partial charge on any atom is -0.340 e. The van der Waals surface area contributed by atoms with E-state index in [2.05, 4.69) is 16.5 Å². The number of aromatic nitrogens is 2. The van der Waals surface area contributed by atoms with Gasteiger partial charge in [0.2, 0.25) is 5.91 Å². The average molecular weight is 378 g/mol. The first-order chi connectivity index (χ1) is 13.6. The van der Waals surface area contributed by atoms with Crippen LogP contribution in [-0.4, -0.2) is 21.7 Å². The maximum absolute atomic E-state index is 12.4. The number of benzene rings is 1. The van der Waals surface area contributed by atoms with Gasteiger partial charge < -0.3 is 5.32 Å². The van der Waals surface area contributed by atoms with Crippen molar-refractivity contribution in [3.63, 3.8) is 0 Å². The van der Waals surface area contributed by atoms with Gasteiger partial charge in [-0.1, -0.05) is 43.5 Å². The van der Waals surface area contributed by atoms with Crippen LogP contribution < -0.4 is 10.9 Å². The third kappa shape index (κ3) is 4.86. The van der Waals surface area contributed by atoms with Gasteiger partial charge in [-0.2, -0.15) is 10.4 Å². The summed E-state index contributed by atoms with van der Waals surface area (Å²) in [5.41, 5.74) is 2.50. The van der Waals surface area contributed by atoms with Crippen LogP contribution in [0.2, 0.25) is 0 Å². The molecule has 0 saturated heterocycles. The van der Waals surface area contributed by atoms with Gasteiger partial charge in [-0.25, -0.2) is 4.68 Å². The van der Waals surface area contributed by atoms with E-state index in [1.807, 2.05) is 31.2 Å². The van der Waals surface area contributed by atoms with Crippen molar-refractivity contribution in [3.05, 3.63) is 52.3 Å². The molecule has 0 aliphatic heterocycles. The monoisotopic (exact) mass is 378 g/mol. The van der Waals surface area contributed by atoms with E-state index in [0.29, 0.717) is 13.0 Å². The van der Waals surface area contributed by atoms with Gasteiger partial charge in [-0.3, -0.25) is 9.59 Å². The quantitative estimate of drug-likeness (QED) is 0.837. The Morgan fingerprint density at radius 2 is 1.93 bits per heavy atom. The molecule has 0 radical (unpaired) electrons. The third-order valence-electron chi connectivity index (χ3n) is 5.30. The molecule has 146 valence electrons. The summed E-state index contributed by atoms with van der Waals surface area (Å²) in [4.78, 5) is 24.1. The Balaban J connectivity index is 1.64. The maximum Gasteiger partial charge on any atom is 0.266 e. The van der Waals surface area contributed by atoms with Crippen LogP contribution in [0, 0.1) is 17.2 Å². The number of nitriles is 1. The van der Waals surface area contributed by atoms with Crippen molar-refractivity contribution in [2.45, 2.75) is 58.0 Å². The van der Waals surface area contributed by atoms with Crippen LogP contribution >= 0.6 is 0 Å². The van der Waals surface area contributed by atoms with Gasteiger partial charge in [-0.15, -0.1) is 0 Å². The Labute approximate surface area is 165 Å². The topological polar surface area (TPSA) is 87.8 Å². The van der Waals surface area contributed by atoms with Crippen molar-refractivity contribution < 1.29 is 4.79 Å². The molecule has 1 fully saturated rings. The number of nitrogens with one attached hydrogen (secondary N) is 1. The predicted octanol–water partition coefficient (Wildman–Crippen LogP) is 3.06. The molecule has 1 unspecified atom stereocenters. The summed E-state index contributed by atoms with van der Waals surface area (Å²) in [6, 6.07) is 12.7. The summed E-state index contributed by atoms with van der Waals surface area (Å²) in [7, 11) is 0. The highest BCUT2D eigenvalue weighted by molar-refractivity contribution is 5.79. The van der Waals surface area contributed by atoms with E-state index >= 15 is 0 Å². The second-order valence-electron chi connectivity index (χ2n) is 7.30. The number of carbonyl (C=O) groups excluding carboxylic acids is 1. The molecule has 1 saturated carbocycles. The predicted molar refractivity (Wildman–Crippen MR) is 107 cm³/mol. The second-order valence-corrected chi connectivity index (χ2v) is 7.30. The summed E-state index contributed by atoms with van der Waals surface area (Å²) >= 11 is 0.